The zero-order valence-corrected chi connectivity index (χ0v) is 15.4. The summed E-state index contributed by atoms with van der Waals surface area (Å²) >= 11 is 0. The molecule has 2 aliphatic heterocycles. The monoisotopic (exact) mass is 382 g/mol. The molecular weight excluding hydrogens is 359 g/mol. The standard InChI is InChI=1S/C18H23FN4O2.ClH/c19-13-6-3-7-14-15(13)16(20)22-18(21-14)8-10-23(11-9-18)17(24)25-12-4-1-2-5-12;/h3,6-7,12,21H,1-2,4-5,8-11H2,(H2,20,22);1H. The molecule has 0 radical (unpaired) electrons. The van der Waals surface area contributed by atoms with Crippen molar-refractivity contribution in [2.45, 2.75) is 50.3 Å². The number of anilines is 1. The third-order valence-corrected chi connectivity index (χ3v) is 5.39. The van der Waals surface area contributed by atoms with Crippen LogP contribution >= 0.6 is 12.4 Å². The first-order chi connectivity index (χ1) is 12.1. The number of rotatable bonds is 1. The van der Waals surface area contributed by atoms with Gasteiger partial charge in [0.05, 0.1) is 5.56 Å². The highest BCUT2D eigenvalue weighted by Gasteiger charge is 2.40. The Hall–Kier alpha value is -2.02. The number of carbonyl (C=O) groups excluding carboxylic acids is 1. The minimum Gasteiger partial charge on any atom is -0.446 e. The number of hydrogen-bond donors (Lipinski definition) is 2. The third-order valence-electron chi connectivity index (χ3n) is 5.39. The second-order valence-electron chi connectivity index (χ2n) is 7.09. The average molecular weight is 383 g/mol. The molecule has 2 fully saturated rings. The predicted molar refractivity (Wildman–Crippen MR) is 100 cm³/mol. The lowest BCUT2D eigenvalue weighted by Gasteiger charge is -2.42. The zero-order chi connectivity index (χ0) is 17.4. The van der Waals surface area contributed by atoms with Gasteiger partial charge in [0.25, 0.3) is 0 Å². The highest BCUT2D eigenvalue weighted by Crippen LogP contribution is 2.35. The van der Waals surface area contributed by atoms with Crippen LogP contribution in [0.4, 0.5) is 14.9 Å². The number of benzene rings is 1. The van der Waals surface area contributed by atoms with Gasteiger partial charge in [-0.05, 0) is 37.8 Å². The first-order valence-corrected chi connectivity index (χ1v) is 8.94. The second-order valence-corrected chi connectivity index (χ2v) is 7.09. The van der Waals surface area contributed by atoms with Crippen molar-refractivity contribution in [3.8, 4) is 0 Å². The Morgan fingerprint density at radius 2 is 2.00 bits per heavy atom. The lowest BCUT2D eigenvalue weighted by molar-refractivity contribution is 0.0546. The van der Waals surface area contributed by atoms with Gasteiger partial charge in [-0.3, -0.25) is 0 Å². The van der Waals surface area contributed by atoms with Gasteiger partial charge in [-0.25, -0.2) is 14.2 Å². The Bertz CT molecular complexity index is 713. The number of amides is 1. The molecule has 1 aromatic rings. The Morgan fingerprint density at radius 3 is 2.69 bits per heavy atom. The molecule has 0 atom stereocenters. The van der Waals surface area contributed by atoms with E-state index >= 15 is 0 Å². The van der Waals surface area contributed by atoms with Crippen molar-refractivity contribution in [3.05, 3.63) is 29.6 Å². The molecule has 1 amide bonds. The number of piperidine rings is 1. The van der Waals surface area contributed by atoms with Crippen LogP contribution < -0.4 is 11.1 Å². The molecule has 1 saturated heterocycles. The summed E-state index contributed by atoms with van der Waals surface area (Å²) in [6, 6.07) is 4.84. The summed E-state index contributed by atoms with van der Waals surface area (Å²) in [6.45, 7) is 1.08. The number of likely N-dealkylation sites (tertiary alicyclic amines) is 1. The van der Waals surface area contributed by atoms with Crippen LogP contribution in [0.2, 0.25) is 0 Å². The molecule has 0 unspecified atom stereocenters. The van der Waals surface area contributed by atoms with Gasteiger partial charge >= 0.3 is 6.09 Å². The minimum absolute atomic E-state index is 0. The maximum absolute atomic E-state index is 14.0. The summed E-state index contributed by atoms with van der Waals surface area (Å²) < 4.78 is 19.5. The normalized spacial score (nSPS) is 21.4. The Labute approximate surface area is 158 Å². The van der Waals surface area contributed by atoms with Crippen molar-refractivity contribution in [3.63, 3.8) is 0 Å². The summed E-state index contributed by atoms with van der Waals surface area (Å²) in [4.78, 5) is 18.6. The fourth-order valence-electron chi connectivity index (χ4n) is 3.97. The van der Waals surface area contributed by atoms with Gasteiger partial charge in [0.2, 0.25) is 0 Å². The highest BCUT2D eigenvalue weighted by atomic mass is 35.5. The van der Waals surface area contributed by atoms with E-state index in [1.54, 1.807) is 11.0 Å². The average Bonchev–Trinajstić information content (AvgIpc) is 3.08. The predicted octanol–water partition coefficient (Wildman–Crippen LogP) is 3.25. The molecule has 1 saturated carbocycles. The first-order valence-electron chi connectivity index (χ1n) is 8.94. The number of carbonyl (C=O) groups is 1. The van der Waals surface area contributed by atoms with Crippen molar-refractivity contribution < 1.29 is 13.9 Å². The summed E-state index contributed by atoms with van der Waals surface area (Å²) in [5.74, 6) is -0.160. The first kappa shape index (κ1) is 18.8. The zero-order valence-electron chi connectivity index (χ0n) is 14.5. The van der Waals surface area contributed by atoms with Crippen molar-refractivity contribution in [1.29, 1.82) is 0 Å². The molecule has 2 heterocycles. The minimum atomic E-state index is -0.574. The molecular formula is C18H24ClFN4O2. The largest absolute Gasteiger partial charge is 0.446 e. The number of ether oxygens (including phenoxy) is 1. The smallest absolute Gasteiger partial charge is 0.410 e. The van der Waals surface area contributed by atoms with Gasteiger partial charge in [-0.2, -0.15) is 0 Å². The summed E-state index contributed by atoms with van der Waals surface area (Å²) in [5.41, 5.74) is 6.44. The van der Waals surface area contributed by atoms with Crippen LogP contribution in [0.5, 0.6) is 0 Å². The molecule has 1 aliphatic carbocycles. The molecule has 3 aliphatic rings. The quantitative estimate of drug-likeness (QED) is 0.781. The molecule has 3 N–H and O–H groups in total. The Balaban J connectivity index is 0.00000196. The van der Waals surface area contributed by atoms with Gasteiger partial charge in [-0.1, -0.05) is 6.07 Å². The van der Waals surface area contributed by atoms with E-state index in [1.807, 2.05) is 6.07 Å². The lowest BCUT2D eigenvalue weighted by Crippen LogP contribution is -2.52. The number of aliphatic imine (C=N–C) groups is 1. The van der Waals surface area contributed by atoms with Gasteiger partial charge in [0, 0.05) is 31.6 Å². The summed E-state index contributed by atoms with van der Waals surface area (Å²) in [7, 11) is 0. The Kier molecular flexibility index (Phi) is 5.27. The molecule has 8 heteroatoms. The van der Waals surface area contributed by atoms with Gasteiger partial charge in [-0.15, -0.1) is 12.4 Å². The number of amidine groups is 1. The second kappa shape index (κ2) is 7.31. The summed E-state index contributed by atoms with van der Waals surface area (Å²) in [6.07, 6.45) is 5.26. The van der Waals surface area contributed by atoms with E-state index < -0.39 is 5.66 Å². The van der Waals surface area contributed by atoms with E-state index in [2.05, 4.69) is 10.3 Å². The molecule has 1 spiro atoms. The molecule has 0 aromatic heterocycles. The molecule has 4 rings (SSSR count). The third kappa shape index (κ3) is 3.45. The molecule has 0 bridgehead atoms. The van der Waals surface area contributed by atoms with Crippen LogP contribution in [0.15, 0.2) is 23.2 Å². The fraction of sp³-hybridized carbons (Fsp3) is 0.556. The van der Waals surface area contributed by atoms with Crippen molar-refractivity contribution >= 4 is 30.0 Å². The fourth-order valence-corrected chi connectivity index (χ4v) is 3.97. The Morgan fingerprint density at radius 1 is 1.31 bits per heavy atom. The lowest BCUT2D eigenvalue weighted by atomic mass is 9.94. The SMILES string of the molecule is Cl.NC1=NC2(CCN(C(=O)OC3CCCC3)CC2)Nc2cccc(F)c21. The van der Waals surface area contributed by atoms with E-state index in [4.69, 9.17) is 10.5 Å². The van der Waals surface area contributed by atoms with Gasteiger partial charge in [0.1, 0.15) is 23.4 Å². The van der Waals surface area contributed by atoms with Crippen LogP contribution in [0.25, 0.3) is 0 Å². The van der Waals surface area contributed by atoms with Crippen molar-refractivity contribution in [1.82, 2.24) is 4.90 Å². The van der Waals surface area contributed by atoms with Crippen LogP contribution in [0.3, 0.4) is 0 Å². The van der Waals surface area contributed by atoms with Crippen molar-refractivity contribution in [2.75, 3.05) is 18.4 Å². The number of nitrogens with one attached hydrogen (secondary N) is 1. The van der Waals surface area contributed by atoms with Crippen LogP contribution in [-0.2, 0) is 4.74 Å². The molecule has 26 heavy (non-hydrogen) atoms. The molecule has 1 aromatic carbocycles. The molecule has 142 valence electrons. The molecule has 6 nitrogen and oxygen atoms in total. The summed E-state index contributed by atoms with van der Waals surface area (Å²) in [5, 5.41) is 3.33. The number of nitrogens with zero attached hydrogens (tertiary/aromatic N) is 2. The highest BCUT2D eigenvalue weighted by molar-refractivity contribution is 6.04. The van der Waals surface area contributed by atoms with E-state index in [1.165, 1.54) is 6.07 Å². The van der Waals surface area contributed by atoms with Gasteiger partial charge in [0.15, 0.2) is 0 Å². The topological polar surface area (TPSA) is 80.0 Å². The number of nitrogens with two attached hydrogens (primary N) is 1. The maximum Gasteiger partial charge on any atom is 0.410 e. The van der Waals surface area contributed by atoms with E-state index in [-0.39, 0.29) is 36.3 Å². The number of fused-ring (bicyclic) bond motifs is 1. The van der Waals surface area contributed by atoms with E-state index in [9.17, 15) is 9.18 Å². The van der Waals surface area contributed by atoms with Crippen LogP contribution in [0, 0.1) is 5.82 Å². The van der Waals surface area contributed by atoms with E-state index in [0.717, 1.165) is 25.7 Å². The van der Waals surface area contributed by atoms with Crippen molar-refractivity contribution in [2.24, 2.45) is 10.7 Å². The maximum atomic E-state index is 14.0. The van der Waals surface area contributed by atoms with Gasteiger partial charge < -0.3 is 20.7 Å². The van der Waals surface area contributed by atoms with E-state index in [0.29, 0.717) is 37.2 Å². The number of hydrogen-bond acceptors (Lipinski definition) is 5. The van der Waals surface area contributed by atoms with Crippen LogP contribution in [-0.4, -0.2) is 41.7 Å². The van der Waals surface area contributed by atoms with Crippen LogP contribution in [0.1, 0.15) is 44.1 Å². The number of halogens is 2.